The number of hydrogen-bond donors (Lipinski definition) is 7. The molecule has 0 aliphatic carbocycles. The molecule has 15 atom stereocenters. The second kappa shape index (κ2) is 16.6. The molecule has 19 nitrogen and oxygen atoms in total. The normalized spacial score (nSPS) is 44.6. The van der Waals surface area contributed by atoms with Gasteiger partial charge in [-0.2, -0.15) is 8.42 Å². The molecule has 45 heavy (non-hydrogen) atoms. The lowest BCUT2D eigenvalue weighted by Crippen LogP contribution is -2.72. The Morgan fingerprint density at radius 2 is 1.33 bits per heavy atom. The van der Waals surface area contributed by atoms with Gasteiger partial charge in [0.15, 0.2) is 12.6 Å². The smallest absolute Gasteiger partial charge is 0.270 e. The van der Waals surface area contributed by atoms with Crippen LogP contribution in [-0.2, 0) is 57.5 Å². The number of aliphatic hydroxyl groups excluding tert-OH is 6. The lowest BCUT2D eigenvalue weighted by atomic mass is 9.91. The Hall–Kier alpha value is -0.730. The van der Waals surface area contributed by atoms with Crippen LogP contribution >= 0.6 is 0 Å². The first-order chi connectivity index (χ1) is 21.2. The molecule has 0 radical (unpaired) electrons. The van der Waals surface area contributed by atoms with Crippen LogP contribution in [0.2, 0.25) is 0 Å². The highest BCUT2D eigenvalue weighted by atomic mass is 32.2. The van der Waals surface area contributed by atoms with E-state index in [0.29, 0.717) is 0 Å². The topological polar surface area (TPSA) is 268 Å². The van der Waals surface area contributed by atoms with Crippen LogP contribution in [0.3, 0.4) is 0 Å². The zero-order chi connectivity index (χ0) is 33.7. The first kappa shape index (κ1) is 38.7. The number of hydrogen-bond acceptors (Lipinski definition) is 18. The molecule has 3 saturated heterocycles. The van der Waals surface area contributed by atoms with Crippen LogP contribution in [0.5, 0.6) is 0 Å². The molecule has 0 aromatic carbocycles. The third kappa shape index (κ3) is 8.85. The second-order valence-electron chi connectivity index (χ2n) is 10.9. The van der Waals surface area contributed by atoms with Crippen molar-refractivity contribution in [1.82, 2.24) is 0 Å². The molecule has 3 aliphatic heterocycles. The van der Waals surface area contributed by atoms with Gasteiger partial charge in [0.25, 0.3) is 10.1 Å². The van der Waals surface area contributed by atoms with Crippen LogP contribution < -0.4 is 0 Å². The third-order valence-electron chi connectivity index (χ3n) is 7.90. The summed E-state index contributed by atoms with van der Waals surface area (Å²) in [5, 5.41) is 62.1. The van der Waals surface area contributed by atoms with Crippen LogP contribution in [0.1, 0.15) is 6.92 Å². The van der Waals surface area contributed by atoms with E-state index in [1.54, 1.807) is 0 Å². The molecule has 0 aromatic heterocycles. The summed E-state index contributed by atoms with van der Waals surface area (Å²) in [5.41, 5.74) is 0. The summed E-state index contributed by atoms with van der Waals surface area (Å²) >= 11 is 0. The molecular formula is C25H46O19S. The summed E-state index contributed by atoms with van der Waals surface area (Å²) < 4.78 is 90.3. The largest absolute Gasteiger partial charge is 0.394 e. The lowest BCUT2D eigenvalue weighted by molar-refractivity contribution is -0.402. The van der Waals surface area contributed by atoms with Crippen LogP contribution in [0.15, 0.2) is 0 Å². The van der Waals surface area contributed by atoms with E-state index in [4.69, 9.17) is 47.4 Å². The average molecular weight is 683 g/mol. The Bertz CT molecular complexity index is 1000. The van der Waals surface area contributed by atoms with E-state index in [9.17, 15) is 43.6 Å². The van der Waals surface area contributed by atoms with Crippen molar-refractivity contribution in [3.8, 4) is 0 Å². The molecule has 3 aliphatic rings. The maximum atomic E-state index is 12.3. The fourth-order valence-corrected chi connectivity index (χ4v) is 6.52. The third-order valence-corrected chi connectivity index (χ3v) is 8.67. The van der Waals surface area contributed by atoms with Gasteiger partial charge >= 0.3 is 0 Å². The number of ether oxygens (including phenoxy) is 10. The van der Waals surface area contributed by atoms with Gasteiger partial charge in [-0.3, -0.25) is 4.55 Å². The molecule has 3 rings (SSSR count). The van der Waals surface area contributed by atoms with Crippen molar-refractivity contribution in [1.29, 1.82) is 0 Å². The van der Waals surface area contributed by atoms with Gasteiger partial charge < -0.3 is 78.0 Å². The van der Waals surface area contributed by atoms with E-state index in [1.165, 1.54) is 35.4 Å². The highest BCUT2D eigenvalue weighted by molar-refractivity contribution is 7.85. The molecule has 20 heteroatoms. The summed E-state index contributed by atoms with van der Waals surface area (Å²) in [7, 11) is 0.280. The molecule has 0 spiro atoms. The van der Waals surface area contributed by atoms with Gasteiger partial charge in [-0.15, -0.1) is 0 Å². The molecule has 0 saturated carbocycles. The Kier molecular flexibility index (Phi) is 14.3. The Morgan fingerprint density at radius 3 is 1.84 bits per heavy atom. The van der Waals surface area contributed by atoms with Crippen molar-refractivity contribution in [3.05, 3.63) is 0 Å². The molecule has 0 unspecified atom stereocenters. The zero-order valence-electron chi connectivity index (χ0n) is 25.6. The Balaban J connectivity index is 1.84. The van der Waals surface area contributed by atoms with Crippen LogP contribution in [0, 0.1) is 0 Å². The quantitative estimate of drug-likeness (QED) is 0.0632. The molecule has 0 aromatic rings. The summed E-state index contributed by atoms with van der Waals surface area (Å²) in [6.45, 7) is -0.0882. The van der Waals surface area contributed by atoms with Crippen molar-refractivity contribution in [2.45, 2.75) is 98.5 Å². The summed E-state index contributed by atoms with van der Waals surface area (Å²) in [4.78, 5) is 0. The zero-order valence-corrected chi connectivity index (χ0v) is 26.4. The SMILES string of the molecule is COC[C@H]1O[C@](CS(=O)(=O)O)(O[C@H]2[C@@H](O)[C@@H](CO)O[C@@H](OCCO[C@@H]3O[C@@H](C)[C@@H](O)[C@@H](O)[C@@H]3O)[C@@H]2O)[C@H](OC)[C@@H](OC)[C@@H]1OC. The standard InChI is InChI=1S/C25H46O19S/c1-11-14(27)16(29)17(30)23(41-11)39-6-7-40-24-18(31)20(15(28)12(8-26)42-24)44-25(10-45(32,33)34)22(38-5)21(37-4)19(36-3)13(43-25)9-35-2/h11-24,26-31H,6-10H2,1-5H3,(H,32,33,34)/t11-,12+,13+,14+,15-,16+,17-,18+,19+,20-,21-,22+,23+,24+,25+/m0/s1. The predicted molar refractivity (Wildman–Crippen MR) is 145 cm³/mol. The molecule has 0 bridgehead atoms. The maximum Gasteiger partial charge on any atom is 0.270 e. The van der Waals surface area contributed by atoms with Crippen molar-refractivity contribution >= 4 is 10.1 Å². The van der Waals surface area contributed by atoms with Crippen molar-refractivity contribution in [3.63, 3.8) is 0 Å². The minimum Gasteiger partial charge on any atom is -0.394 e. The van der Waals surface area contributed by atoms with Gasteiger partial charge in [-0.05, 0) is 6.92 Å². The van der Waals surface area contributed by atoms with Crippen molar-refractivity contribution in [2.24, 2.45) is 0 Å². The monoisotopic (exact) mass is 682 g/mol. The lowest BCUT2D eigenvalue weighted by Gasteiger charge is -2.53. The van der Waals surface area contributed by atoms with Gasteiger partial charge in [0.2, 0.25) is 5.79 Å². The highest BCUT2D eigenvalue weighted by Crippen LogP contribution is 2.40. The predicted octanol–water partition coefficient (Wildman–Crippen LogP) is -4.65. The van der Waals surface area contributed by atoms with Crippen LogP contribution in [0.4, 0.5) is 0 Å². The maximum absolute atomic E-state index is 12.3. The molecule has 266 valence electrons. The Labute approximate surface area is 260 Å². The van der Waals surface area contributed by atoms with E-state index in [1.807, 2.05) is 0 Å². The van der Waals surface area contributed by atoms with Crippen LogP contribution in [-0.4, -0.2) is 196 Å². The number of methoxy groups -OCH3 is 4. The molecule has 7 N–H and O–H groups in total. The Morgan fingerprint density at radius 1 is 0.733 bits per heavy atom. The van der Waals surface area contributed by atoms with Gasteiger partial charge in [-0.1, -0.05) is 0 Å². The van der Waals surface area contributed by atoms with E-state index in [-0.39, 0.29) is 19.8 Å². The van der Waals surface area contributed by atoms with E-state index in [2.05, 4.69) is 0 Å². The van der Waals surface area contributed by atoms with Crippen molar-refractivity contribution < 1.29 is 91.0 Å². The summed E-state index contributed by atoms with van der Waals surface area (Å²) in [5.74, 6) is -3.70. The minimum absolute atomic E-state index is 0.163. The molecule has 0 amide bonds. The number of aliphatic hydroxyl groups is 6. The average Bonchev–Trinajstić information content (AvgIpc) is 2.98. The fourth-order valence-electron chi connectivity index (χ4n) is 5.71. The molecule has 3 fully saturated rings. The van der Waals surface area contributed by atoms with Gasteiger partial charge in [0.05, 0.1) is 32.5 Å². The molecular weight excluding hydrogens is 636 g/mol. The molecule has 3 heterocycles. The van der Waals surface area contributed by atoms with Crippen LogP contribution in [0.25, 0.3) is 0 Å². The van der Waals surface area contributed by atoms with Crippen molar-refractivity contribution in [2.75, 3.05) is 60.6 Å². The highest BCUT2D eigenvalue weighted by Gasteiger charge is 2.61. The van der Waals surface area contributed by atoms with Gasteiger partial charge in [-0.25, -0.2) is 0 Å². The second-order valence-corrected chi connectivity index (χ2v) is 12.4. The first-order valence-corrected chi connectivity index (χ1v) is 15.7. The first-order valence-electron chi connectivity index (χ1n) is 14.1. The van der Waals surface area contributed by atoms with E-state index >= 15 is 0 Å². The fraction of sp³-hybridized carbons (Fsp3) is 1.00. The summed E-state index contributed by atoms with van der Waals surface area (Å²) in [6.07, 6.45) is -19.5. The summed E-state index contributed by atoms with van der Waals surface area (Å²) in [6, 6.07) is 0. The van der Waals surface area contributed by atoms with Gasteiger partial charge in [0, 0.05) is 28.4 Å². The number of rotatable bonds is 15. The van der Waals surface area contributed by atoms with Gasteiger partial charge in [0.1, 0.15) is 72.9 Å². The van der Waals surface area contributed by atoms with E-state index in [0.717, 1.165) is 0 Å². The van der Waals surface area contributed by atoms with E-state index < -0.39 is 114 Å². The minimum atomic E-state index is -4.91.